The number of nitrogens with one attached hydrogen (secondary N) is 1. The fourth-order valence-corrected chi connectivity index (χ4v) is 4.11. The molecule has 0 spiro atoms. The van der Waals surface area contributed by atoms with Crippen LogP contribution in [0.25, 0.3) is 0 Å². The Hall–Kier alpha value is -3.83. The van der Waals surface area contributed by atoms with Crippen LogP contribution in [0.5, 0.6) is 5.75 Å². The van der Waals surface area contributed by atoms with Crippen molar-refractivity contribution in [3.05, 3.63) is 89.5 Å². The molecule has 3 aromatic carbocycles. The summed E-state index contributed by atoms with van der Waals surface area (Å²) in [6.07, 6.45) is 0. The fraction of sp³-hybridized carbons (Fsp3) is 0.130. The van der Waals surface area contributed by atoms with Crippen molar-refractivity contribution in [3.63, 3.8) is 0 Å². The van der Waals surface area contributed by atoms with Gasteiger partial charge in [-0.15, -0.1) is 0 Å². The number of carbonyl (C=O) groups is 1. The van der Waals surface area contributed by atoms with Gasteiger partial charge < -0.3 is 10.1 Å². The first-order valence-corrected chi connectivity index (χ1v) is 10.8. The zero-order chi connectivity index (χ0) is 22.4. The Morgan fingerprint density at radius 3 is 2.35 bits per heavy atom. The highest BCUT2D eigenvalue weighted by Crippen LogP contribution is 2.24. The molecule has 3 aromatic rings. The Labute approximate surface area is 181 Å². The SMILES string of the molecule is COc1ccc(N(C)S(=O)(=O)c2cccc(C(=O)NCc3ccc(C#N)cc3)c2)cc1. The van der Waals surface area contributed by atoms with Gasteiger partial charge in [0.05, 0.1) is 29.3 Å². The van der Waals surface area contributed by atoms with Gasteiger partial charge in [0.25, 0.3) is 15.9 Å². The van der Waals surface area contributed by atoms with Gasteiger partial charge in [0, 0.05) is 19.2 Å². The summed E-state index contributed by atoms with van der Waals surface area (Å²) in [6.45, 7) is 0.257. The molecule has 158 valence electrons. The predicted molar refractivity (Wildman–Crippen MR) is 117 cm³/mol. The number of benzene rings is 3. The van der Waals surface area contributed by atoms with Crippen LogP contribution in [0.15, 0.2) is 77.7 Å². The molecule has 0 heterocycles. The standard InChI is InChI=1S/C23H21N3O4S/c1-26(20-10-12-21(30-2)13-11-20)31(28,29)22-5-3-4-19(14-22)23(27)25-16-18-8-6-17(15-24)7-9-18/h3-14H,16H2,1-2H3,(H,25,27). The summed E-state index contributed by atoms with van der Waals surface area (Å²) in [7, 11) is -0.872. The number of amides is 1. The lowest BCUT2D eigenvalue weighted by atomic mass is 10.1. The topological polar surface area (TPSA) is 99.5 Å². The van der Waals surface area contributed by atoms with Crippen molar-refractivity contribution in [2.75, 3.05) is 18.5 Å². The molecule has 1 amide bonds. The Bertz CT molecular complexity index is 1210. The van der Waals surface area contributed by atoms with Crippen molar-refractivity contribution in [2.24, 2.45) is 0 Å². The van der Waals surface area contributed by atoms with Gasteiger partial charge in [-0.2, -0.15) is 5.26 Å². The Kier molecular flexibility index (Phi) is 6.58. The molecule has 7 nitrogen and oxygen atoms in total. The summed E-state index contributed by atoms with van der Waals surface area (Å²) in [5.74, 6) is 0.226. The molecule has 0 saturated carbocycles. The second-order valence-electron chi connectivity index (χ2n) is 6.69. The van der Waals surface area contributed by atoms with Crippen LogP contribution in [0.4, 0.5) is 5.69 Å². The van der Waals surface area contributed by atoms with Crippen LogP contribution in [0, 0.1) is 11.3 Å². The van der Waals surface area contributed by atoms with Crippen molar-refractivity contribution < 1.29 is 17.9 Å². The van der Waals surface area contributed by atoms with E-state index < -0.39 is 15.9 Å². The lowest BCUT2D eigenvalue weighted by molar-refractivity contribution is 0.0950. The highest BCUT2D eigenvalue weighted by atomic mass is 32.2. The van der Waals surface area contributed by atoms with E-state index in [-0.39, 0.29) is 17.0 Å². The molecule has 0 aliphatic carbocycles. The third-order valence-electron chi connectivity index (χ3n) is 4.73. The van der Waals surface area contributed by atoms with Crippen LogP contribution in [-0.4, -0.2) is 28.5 Å². The average Bonchev–Trinajstić information content (AvgIpc) is 2.82. The average molecular weight is 436 g/mol. The second-order valence-corrected chi connectivity index (χ2v) is 8.66. The monoisotopic (exact) mass is 435 g/mol. The lowest BCUT2D eigenvalue weighted by Gasteiger charge is -2.20. The lowest BCUT2D eigenvalue weighted by Crippen LogP contribution is -2.27. The van der Waals surface area contributed by atoms with Gasteiger partial charge in [-0.1, -0.05) is 18.2 Å². The third-order valence-corrected chi connectivity index (χ3v) is 6.51. The normalized spacial score (nSPS) is 10.7. The molecule has 3 rings (SSSR count). The summed E-state index contributed by atoms with van der Waals surface area (Å²) >= 11 is 0. The van der Waals surface area contributed by atoms with Crippen molar-refractivity contribution in [3.8, 4) is 11.8 Å². The highest BCUT2D eigenvalue weighted by Gasteiger charge is 2.22. The number of nitriles is 1. The molecule has 0 aliphatic rings. The first-order valence-electron chi connectivity index (χ1n) is 9.35. The number of methoxy groups -OCH3 is 1. The van der Waals surface area contributed by atoms with Crippen LogP contribution in [0.3, 0.4) is 0 Å². The van der Waals surface area contributed by atoms with Gasteiger partial charge in [0.2, 0.25) is 0 Å². The maximum Gasteiger partial charge on any atom is 0.264 e. The first-order chi connectivity index (χ1) is 14.8. The van der Waals surface area contributed by atoms with E-state index in [0.29, 0.717) is 17.0 Å². The van der Waals surface area contributed by atoms with Gasteiger partial charge in [-0.25, -0.2) is 8.42 Å². The molecule has 0 saturated heterocycles. The van der Waals surface area contributed by atoms with E-state index in [0.717, 1.165) is 9.87 Å². The molecule has 0 aromatic heterocycles. The van der Waals surface area contributed by atoms with Crippen molar-refractivity contribution in [1.82, 2.24) is 5.32 Å². The van der Waals surface area contributed by atoms with Gasteiger partial charge >= 0.3 is 0 Å². The summed E-state index contributed by atoms with van der Waals surface area (Å²) in [4.78, 5) is 12.6. The Morgan fingerprint density at radius 1 is 1.06 bits per heavy atom. The number of nitrogens with zero attached hydrogens (tertiary/aromatic N) is 2. The fourth-order valence-electron chi connectivity index (χ4n) is 2.87. The number of ether oxygens (including phenoxy) is 1. The number of anilines is 1. The minimum absolute atomic E-state index is 0.0110. The van der Waals surface area contributed by atoms with E-state index in [4.69, 9.17) is 10.00 Å². The molecule has 8 heteroatoms. The highest BCUT2D eigenvalue weighted by molar-refractivity contribution is 7.92. The molecular weight excluding hydrogens is 414 g/mol. The van der Waals surface area contributed by atoms with E-state index in [1.54, 1.807) is 54.6 Å². The first kappa shape index (κ1) is 21.9. The van der Waals surface area contributed by atoms with Crippen molar-refractivity contribution in [1.29, 1.82) is 5.26 Å². The van der Waals surface area contributed by atoms with Crippen LogP contribution in [0.1, 0.15) is 21.5 Å². The van der Waals surface area contributed by atoms with E-state index in [1.165, 1.54) is 32.4 Å². The Morgan fingerprint density at radius 2 is 1.74 bits per heavy atom. The summed E-state index contributed by atoms with van der Waals surface area (Å²) in [5, 5.41) is 11.6. The van der Waals surface area contributed by atoms with E-state index >= 15 is 0 Å². The van der Waals surface area contributed by atoms with Gasteiger partial charge in [-0.05, 0) is 60.2 Å². The number of hydrogen-bond acceptors (Lipinski definition) is 5. The van der Waals surface area contributed by atoms with Gasteiger partial charge in [-0.3, -0.25) is 9.10 Å². The van der Waals surface area contributed by atoms with Crippen LogP contribution in [0.2, 0.25) is 0 Å². The molecule has 0 unspecified atom stereocenters. The summed E-state index contributed by atoms with van der Waals surface area (Å²) in [6, 6.07) is 21.4. The van der Waals surface area contributed by atoms with Crippen LogP contribution >= 0.6 is 0 Å². The number of sulfonamides is 1. The molecule has 0 radical (unpaired) electrons. The van der Waals surface area contributed by atoms with E-state index in [2.05, 4.69) is 5.32 Å². The molecular formula is C23H21N3O4S. The smallest absolute Gasteiger partial charge is 0.264 e. The van der Waals surface area contributed by atoms with Crippen LogP contribution in [-0.2, 0) is 16.6 Å². The number of hydrogen-bond donors (Lipinski definition) is 1. The molecule has 31 heavy (non-hydrogen) atoms. The quantitative estimate of drug-likeness (QED) is 0.614. The molecule has 0 bridgehead atoms. The van der Waals surface area contributed by atoms with Crippen molar-refractivity contribution in [2.45, 2.75) is 11.4 Å². The second kappa shape index (κ2) is 9.32. The van der Waals surface area contributed by atoms with Gasteiger partial charge in [0.15, 0.2) is 0 Å². The maximum absolute atomic E-state index is 13.0. The van der Waals surface area contributed by atoms with E-state index in [9.17, 15) is 13.2 Å². The minimum atomic E-state index is -3.86. The summed E-state index contributed by atoms with van der Waals surface area (Å²) in [5.41, 5.74) is 2.07. The minimum Gasteiger partial charge on any atom is -0.497 e. The third kappa shape index (κ3) is 5.02. The largest absolute Gasteiger partial charge is 0.497 e. The zero-order valence-corrected chi connectivity index (χ0v) is 17.9. The Balaban J connectivity index is 1.75. The molecule has 1 N–H and O–H groups in total. The van der Waals surface area contributed by atoms with Gasteiger partial charge in [0.1, 0.15) is 5.75 Å². The van der Waals surface area contributed by atoms with Crippen molar-refractivity contribution >= 4 is 21.6 Å². The number of carbonyl (C=O) groups excluding carboxylic acids is 1. The van der Waals surface area contributed by atoms with Crippen LogP contribution < -0.4 is 14.4 Å². The number of rotatable bonds is 7. The molecule has 0 fully saturated rings. The molecule has 0 aliphatic heterocycles. The summed E-state index contributed by atoms with van der Waals surface area (Å²) < 4.78 is 32.3. The molecule has 0 atom stereocenters. The maximum atomic E-state index is 13.0. The van der Waals surface area contributed by atoms with E-state index in [1.807, 2.05) is 6.07 Å². The predicted octanol–water partition coefficient (Wildman–Crippen LogP) is 3.32. The zero-order valence-electron chi connectivity index (χ0n) is 17.1.